The number of pyridine rings is 1. The fourth-order valence-electron chi connectivity index (χ4n) is 1.97. The summed E-state index contributed by atoms with van der Waals surface area (Å²) in [4.78, 5) is 15.8. The predicted octanol–water partition coefficient (Wildman–Crippen LogP) is 2.95. The summed E-state index contributed by atoms with van der Waals surface area (Å²) >= 11 is 0. The van der Waals surface area contributed by atoms with Crippen molar-refractivity contribution in [3.8, 4) is 0 Å². The fraction of sp³-hybridized carbons (Fsp3) is 0.250. The number of aromatic nitrogens is 1. The van der Waals surface area contributed by atoms with E-state index in [1.807, 2.05) is 50.2 Å². The van der Waals surface area contributed by atoms with Gasteiger partial charge in [0.25, 0.3) is 0 Å². The zero-order valence-electron chi connectivity index (χ0n) is 11.8. The van der Waals surface area contributed by atoms with Crippen LogP contribution >= 0.6 is 0 Å². The van der Waals surface area contributed by atoms with Crippen molar-refractivity contribution in [2.24, 2.45) is 0 Å². The molecule has 1 heterocycles. The van der Waals surface area contributed by atoms with E-state index < -0.39 is 0 Å². The van der Waals surface area contributed by atoms with Crippen LogP contribution in [0.5, 0.6) is 0 Å². The first-order valence-corrected chi connectivity index (χ1v) is 6.65. The minimum absolute atomic E-state index is 0.0464. The molecule has 0 aliphatic heterocycles. The molecule has 2 aromatic rings. The Morgan fingerprint density at radius 2 is 1.90 bits per heavy atom. The lowest BCUT2D eigenvalue weighted by Crippen LogP contribution is -2.36. The Hall–Kier alpha value is -2.36. The molecular weight excluding hydrogens is 250 g/mol. The molecule has 4 nitrogen and oxygen atoms in total. The summed E-state index contributed by atoms with van der Waals surface area (Å²) in [6.07, 6.45) is 3.44. The van der Waals surface area contributed by atoms with E-state index in [2.05, 4.69) is 15.6 Å². The zero-order valence-corrected chi connectivity index (χ0v) is 11.8. The maximum absolute atomic E-state index is 11.9. The average Bonchev–Trinajstić information content (AvgIpc) is 2.47. The van der Waals surface area contributed by atoms with Crippen LogP contribution in [0, 0.1) is 6.92 Å². The maximum Gasteiger partial charge on any atom is 0.315 e. The van der Waals surface area contributed by atoms with Gasteiger partial charge < -0.3 is 10.6 Å². The molecule has 0 aliphatic carbocycles. The molecule has 1 atom stereocenters. The molecule has 4 heteroatoms. The van der Waals surface area contributed by atoms with Gasteiger partial charge in [-0.3, -0.25) is 4.98 Å². The molecule has 20 heavy (non-hydrogen) atoms. The number of nitrogens with one attached hydrogen (secondary N) is 2. The lowest BCUT2D eigenvalue weighted by Gasteiger charge is -2.15. The molecule has 2 N–H and O–H groups in total. The fourth-order valence-corrected chi connectivity index (χ4v) is 1.97. The number of amides is 2. The van der Waals surface area contributed by atoms with Gasteiger partial charge in [-0.2, -0.15) is 0 Å². The van der Waals surface area contributed by atoms with Gasteiger partial charge in [0, 0.05) is 18.9 Å². The monoisotopic (exact) mass is 269 g/mol. The number of carbonyl (C=O) groups excluding carboxylic acids is 1. The highest BCUT2D eigenvalue weighted by atomic mass is 16.2. The van der Waals surface area contributed by atoms with Crippen LogP contribution in [-0.4, -0.2) is 11.0 Å². The average molecular weight is 269 g/mol. The van der Waals surface area contributed by atoms with E-state index in [1.54, 1.807) is 12.4 Å². The van der Waals surface area contributed by atoms with Gasteiger partial charge in [-0.05, 0) is 42.7 Å². The molecule has 1 aromatic heterocycles. The Balaban J connectivity index is 1.86. The van der Waals surface area contributed by atoms with Crippen LogP contribution in [0.2, 0.25) is 0 Å². The maximum atomic E-state index is 11.9. The molecule has 0 saturated heterocycles. The summed E-state index contributed by atoms with van der Waals surface area (Å²) in [7, 11) is 0. The largest absolute Gasteiger partial charge is 0.334 e. The Morgan fingerprint density at radius 1 is 1.20 bits per heavy atom. The van der Waals surface area contributed by atoms with E-state index in [0.29, 0.717) is 6.54 Å². The van der Waals surface area contributed by atoms with Gasteiger partial charge in [0.15, 0.2) is 0 Å². The lowest BCUT2D eigenvalue weighted by molar-refractivity contribution is 0.237. The van der Waals surface area contributed by atoms with Gasteiger partial charge in [-0.1, -0.05) is 24.3 Å². The first-order chi connectivity index (χ1) is 9.66. The van der Waals surface area contributed by atoms with Gasteiger partial charge in [-0.15, -0.1) is 0 Å². The van der Waals surface area contributed by atoms with Crippen molar-refractivity contribution in [2.75, 3.05) is 0 Å². The molecule has 2 rings (SSSR count). The molecule has 0 aliphatic rings. The van der Waals surface area contributed by atoms with E-state index in [-0.39, 0.29) is 12.1 Å². The van der Waals surface area contributed by atoms with Crippen molar-refractivity contribution in [1.82, 2.24) is 15.6 Å². The molecule has 2 amide bonds. The summed E-state index contributed by atoms with van der Waals surface area (Å²) < 4.78 is 0. The number of urea groups is 1. The van der Waals surface area contributed by atoms with Crippen molar-refractivity contribution in [3.63, 3.8) is 0 Å². The van der Waals surface area contributed by atoms with Gasteiger partial charge in [0.1, 0.15) is 0 Å². The zero-order chi connectivity index (χ0) is 14.4. The number of hydrogen-bond donors (Lipinski definition) is 2. The van der Waals surface area contributed by atoms with E-state index in [4.69, 9.17) is 0 Å². The Bertz CT molecular complexity index is 569. The quantitative estimate of drug-likeness (QED) is 0.896. The smallest absolute Gasteiger partial charge is 0.315 e. The highest BCUT2D eigenvalue weighted by molar-refractivity contribution is 5.74. The first-order valence-electron chi connectivity index (χ1n) is 6.65. The molecule has 1 aromatic carbocycles. The van der Waals surface area contributed by atoms with E-state index in [9.17, 15) is 4.79 Å². The predicted molar refractivity (Wildman–Crippen MR) is 79.2 cm³/mol. The third-order valence-electron chi connectivity index (χ3n) is 3.25. The molecular formula is C16H19N3O. The van der Waals surface area contributed by atoms with Crippen molar-refractivity contribution in [1.29, 1.82) is 0 Å². The number of hydrogen-bond acceptors (Lipinski definition) is 2. The molecule has 0 unspecified atom stereocenters. The van der Waals surface area contributed by atoms with Gasteiger partial charge in [0.2, 0.25) is 0 Å². The summed E-state index contributed by atoms with van der Waals surface area (Å²) in [5.41, 5.74) is 3.33. The summed E-state index contributed by atoms with van der Waals surface area (Å²) in [6.45, 7) is 4.51. The van der Waals surface area contributed by atoms with Crippen molar-refractivity contribution in [3.05, 3.63) is 65.5 Å². The summed E-state index contributed by atoms with van der Waals surface area (Å²) in [5, 5.41) is 5.78. The third-order valence-corrected chi connectivity index (χ3v) is 3.25. The second kappa shape index (κ2) is 6.70. The normalized spacial score (nSPS) is 11.7. The molecule has 0 spiro atoms. The van der Waals surface area contributed by atoms with E-state index >= 15 is 0 Å². The number of aryl methyl sites for hydroxylation is 1. The van der Waals surface area contributed by atoms with Gasteiger partial charge in [0.05, 0.1) is 6.04 Å². The standard InChI is InChI=1S/C16H19N3O/c1-12-5-3-4-6-15(12)11-18-16(20)19-13(2)14-7-9-17-10-8-14/h3-10,13H,11H2,1-2H3,(H2,18,19,20)/t13-/m0/s1. The Kier molecular flexibility index (Phi) is 4.71. The number of rotatable bonds is 4. The summed E-state index contributed by atoms with van der Waals surface area (Å²) in [6, 6.07) is 11.6. The highest BCUT2D eigenvalue weighted by Crippen LogP contribution is 2.10. The second-order valence-corrected chi connectivity index (χ2v) is 4.76. The minimum atomic E-state index is -0.169. The molecule has 104 valence electrons. The highest BCUT2D eigenvalue weighted by Gasteiger charge is 2.08. The number of benzene rings is 1. The van der Waals surface area contributed by atoms with Gasteiger partial charge >= 0.3 is 6.03 Å². The van der Waals surface area contributed by atoms with Crippen LogP contribution in [0.15, 0.2) is 48.8 Å². The van der Waals surface area contributed by atoms with Crippen LogP contribution in [0.1, 0.15) is 29.7 Å². The Labute approximate surface area is 119 Å². The number of carbonyl (C=O) groups is 1. The topological polar surface area (TPSA) is 54.0 Å². The lowest BCUT2D eigenvalue weighted by atomic mass is 10.1. The van der Waals surface area contributed by atoms with Crippen molar-refractivity contribution >= 4 is 6.03 Å². The van der Waals surface area contributed by atoms with Crippen LogP contribution in [0.3, 0.4) is 0 Å². The number of nitrogens with zero attached hydrogens (tertiary/aromatic N) is 1. The SMILES string of the molecule is Cc1ccccc1CNC(=O)N[C@@H](C)c1ccncc1. The van der Waals surface area contributed by atoms with Crippen molar-refractivity contribution in [2.45, 2.75) is 26.4 Å². The van der Waals surface area contributed by atoms with Crippen molar-refractivity contribution < 1.29 is 4.79 Å². The van der Waals surface area contributed by atoms with Crippen LogP contribution in [0.25, 0.3) is 0 Å². The first kappa shape index (κ1) is 14.1. The molecule has 0 bridgehead atoms. The van der Waals surface area contributed by atoms with Crippen LogP contribution in [-0.2, 0) is 6.54 Å². The van der Waals surface area contributed by atoms with Crippen LogP contribution < -0.4 is 10.6 Å². The third kappa shape index (κ3) is 3.82. The minimum Gasteiger partial charge on any atom is -0.334 e. The second-order valence-electron chi connectivity index (χ2n) is 4.76. The van der Waals surface area contributed by atoms with Gasteiger partial charge in [-0.25, -0.2) is 4.79 Å². The van der Waals surface area contributed by atoms with Crippen LogP contribution in [0.4, 0.5) is 4.79 Å². The molecule has 0 radical (unpaired) electrons. The summed E-state index contributed by atoms with van der Waals surface area (Å²) in [5.74, 6) is 0. The van der Waals surface area contributed by atoms with E-state index in [0.717, 1.165) is 11.1 Å². The molecule has 0 saturated carbocycles. The van der Waals surface area contributed by atoms with E-state index in [1.165, 1.54) is 5.56 Å². The Morgan fingerprint density at radius 3 is 2.60 bits per heavy atom. The molecule has 0 fully saturated rings.